The number of hydrogen-bond donors (Lipinski definition) is 1. The normalized spacial score (nSPS) is 18.6. The molecule has 7 heteroatoms. The third-order valence-corrected chi connectivity index (χ3v) is 5.85. The first-order valence-electron chi connectivity index (χ1n) is 10.5. The summed E-state index contributed by atoms with van der Waals surface area (Å²) in [5.74, 6) is 1.31. The summed E-state index contributed by atoms with van der Waals surface area (Å²) in [5.41, 5.74) is 1.32. The van der Waals surface area contributed by atoms with Gasteiger partial charge >= 0.3 is 0 Å². The van der Waals surface area contributed by atoms with Crippen LogP contribution in [0.15, 0.2) is 24.3 Å². The van der Waals surface area contributed by atoms with Crippen LogP contribution in [0.3, 0.4) is 0 Å². The molecule has 0 radical (unpaired) electrons. The van der Waals surface area contributed by atoms with Gasteiger partial charge in [0.25, 0.3) is 0 Å². The van der Waals surface area contributed by atoms with E-state index in [4.69, 9.17) is 16.3 Å². The van der Waals surface area contributed by atoms with Gasteiger partial charge in [0.05, 0.1) is 19.4 Å². The van der Waals surface area contributed by atoms with E-state index in [0.717, 1.165) is 24.5 Å². The predicted molar refractivity (Wildman–Crippen MR) is 131 cm³/mol. The van der Waals surface area contributed by atoms with Gasteiger partial charge in [-0.05, 0) is 47.3 Å². The van der Waals surface area contributed by atoms with Crippen LogP contribution >= 0.6 is 11.6 Å². The number of nitrogens with one attached hydrogen (secondary N) is 1. The van der Waals surface area contributed by atoms with E-state index in [9.17, 15) is 4.79 Å². The van der Waals surface area contributed by atoms with Crippen LogP contribution in [0.4, 0.5) is 0 Å². The van der Waals surface area contributed by atoms with Gasteiger partial charge in [-0.3, -0.25) is 10.1 Å². The molecule has 2 rings (SSSR count). The first-order valence-corrected chi connectivity index (χ1v) is 10.8. The molecule has 1 aromatic carbocycles. The molecule has 31 heavy (non-hydrogen) atoms. The Morgan fingerprint density at radius 3 is 2.26 bits per heavy atom. The summed E-state index contributed by atoms with van der Waals surface area (Å²) in [6.07, 6.45) is 0.967. The second kappa shape index (κ2) is 14.1. The average Bonchev–Trinajstić information content (AvgIpc) is 2.61. The van der Waals surface area contributed by atoms with Gasteiger partial charge < -0.3 is 20.6 Å². The lowest BCUT2D eigenvalue weighted by Gasteiger charge is -2.45. The highest BCUT2D eigenvalue weighted by Gasteiger charge is 2.40. The van der Waals surface area contributed by atoms with Gasteiger partial charge in [0.15, 0.2) is 0 Å². The molecule has 0 bridgehead atoms. The minimum absolute atomic E-state index is 0. The van der Waals surface area contributed by atoms with Gasteiger partial charge in [0.1, 0.15) is 0 Å². The highest BCUT2D eigenvalue weighted by molar-refractivity contribution is 6.30. The van der Waals surface area contributed by atoms with Crippen molar-refractivity contribution < 1.29 is 20.5 Å². The lowest BCUT2D eigenvalue weighted by molar-refractivity contribution is -0.138. The quantitative estimate of drug-likeness (QED) is 0.469. The fourth-order valence-electron chi connectivity index (χ4n) is 4.11. The predicted octanol–water partition coefficient (Wildman–Crippen LogP) is 3.91. The third kappa shape index (κ3) is 9.07. The zero-order valence-corrected chi connectivity index (χ0v) is 20.1. The Kier molecular flexibility index (Phi) is 14.5. The number of likely N-dealkylation sites (tertiary alicyclic amines) is 1. The number of nitrogens with zero attached hydrogens (tertiary/aromatic N) is 1. The molecule has 0 spiro atoms. The zero-order valence-electron chi connectivity index (χ0n) is 19.3. The summed E-state index contributed by atoms with van der Waals surface area (Å²) in [7, 11) is 0. The Balaban J connectivity index is 0. The summed E-state index contributed by atoms with van der Waals surface area (Å²) >= 11 is 6.05. The second-order valence-electron chi connectivity index (χ2n) is 9.48. The molecule has 1 saturated heterocycles. The smallest absolute Gasteiger partial charge is 0.240 e. The van der Waals surface area contributed by atoms with Crippen molar-refractivity contribution in [1.82, 2.24) is 10.2 Å². The molecular formula is C24H45ClN2O4. The minimum atomic E-state index is -0.213. The Hall–Kier alpha value is -1.18. The highest BCUT2D eigenvalue weighted by atomic mass is 35.5. The Morgan fingerprint density at radius 2 is 1.77 bits per heavy atom. The summed E-state index contributed by atoms with van der Waals surface area (Å²) in [4.78, 5) is 15.3. The SMILES string of the molecule is C.CC(C)COCN[C@@H](C(=O)N1CC[C@H](c2ccc(Cl)cc2)C(C)(C)C1)C(C)C.O.O. The maximum Gasteiger partial charge on any atom is 0.240 e. The Morgan fingerprint density at radius 1 is 1.19 bits per heavy atom. The Bertz CT molecular complexity index is 635. The molecule has 1 heterocycles. The first-order chi connectivity index (χ1) is 13.1. The lowest BCUT2D eigenvalue weighted by atomic mass is 9.70. The van der Waals surface area contributed by atoms with E-state index in [0.29, 0.717) is 25.2 Å². The van der Waals surface area contributed by atoms with Gasteiger partial charge in [0, 0.05) is 18.1 Å². The van der Waals surface area contributed by atoms with E-state index < -0.39 is 0 Å². The van der Waals surface area contributed by atoms with Crippen LogP contribution in [0.1, 0.15) is 66.9 Å². The fourth-order valence-corrected chi connectivity index (χ4v) is 4.23. The van der Waals surface area contributed by atoms with Crippen molar-refractivity contribution in [3.05, 3.63) is 34.9 Å². The van der Waals surface area contributed by atoms with Gasteiger partial charge in [0.2, 0.25) is 5.91 Å². The van der Waals surface area contributed by atoms with E-state index in [2.05, 4.69) is 59.0 Å². The molecule has 2 atom stereocenters. The van der Waals surface area contributed by atoms with E-state index in [1.807, 2.05) is 17.0 Å². The van der Waals surface area contributed by atoms with Gasteiger partial charge in [-0.15, -0.1) is 0 Å². The molecule has 182 valence electrons. The molecule has 5 N–H and O–H groups in total. The van der Waals surface area contributed by atoms with E-state index in [1.165, 1.54) is 5.56 Å². The third-order valence-electron chi connectivity index (χ3n) is 5.60. The molecule has 0 saturated carbocycles. The highest BCUT2D eigenvalue weighted by Crippen LogP contribution is 2.42. The number of ether oxygens (including phenoxy) is 1. The van der Waals surface area contributed by atoms with Crippen molar-refractivity contribution in [2.45, 2.75) is 67.3 Å². The number of hydrogen-bond acceptors (Lipinski definition) is 3. The number of halogens is 1. The van der Waals surface area contributed by atoms with Crippen LogP contribution in [0.2, 0.25) is 5.02 Å². The number of benzene rings is 1. The lowest BCUT2D eigenvalue weighted by Crippen LogP contribution is -2.55. The summed E-state index contributed by atoms with van der Waals surface area (Å²) in [6, 6.07) is 7.95. The number of carbonyl (C=O) groups is 1. The van der Waals surface area contributed by atoms with Crippen LogP contribution in [-0.2, 0) is 9.53 Å². The van der Waals surface area contributed by atoms with Crippen LogP contribution in [0, 0.1) is 17.3 Å². The van der Waals surface area contributed by atoms with Crippen molar-refractivity contribution in [2.75, 3.05) is 26.4 Å². The first kappa shape index (κ1) is 32.0. The van der Waals surface area contributed by atoms with Gasteiger partial charge in [-0.25, -0.2) is 0 Å². The van der Waals surface area contributed by atoms with Crippen molar-refractivity contribution in [3.63, 3.8) is 0 Å². The van der Waals surface area contributed by atoms with Crippen LogP contribution in [0.5, 0.6) is 0 Å². The molecule has 1 aliphatic heterocycles. The molecule has 1 aromatic rings. The molecule has 0 unspecified atom stereocenters. The van der Waals surface area contributed by atoms with Crippen molar-refractivity contribution in [3.8, 4) is 0 Å². The van der Waals surface area contributed by atoms with Crippen LogP contribution in [-0.4, -0.2) is 54.2 Å². The fraction of sp³-hybridized carbons (Fsp3) is 0.708. The second-order valence-corrected chi connectivity index (χ2v) is 9.91. The molecule has 1 amide bonds. The largest absolute Gasteiger partial charge is 0.412 e. The summed E-state index contributed by atoms with van der Waals surface area (Å²) in [5, 5.41) is 4.08. The maximum atomic E-state index is 13.2. The van der Waals surface area contributed by atoms with Gasteiger partial charge in [-0.2, -0.15) is 0 Å². The number of rotatable bonds is 8. The molecule has 6 nitrogen and oxygen atoms in total. The molecular weight excluding hydrogens is 416 g/mol. The van der Waals surface area contributed by atoms with Crippen molar-refractivity contribution >= 4 is 17.5 Å². The van der Waals surface area contributed by atoms with Crippen molar-refractivity contribution in [1.29, 1.82) is 0 Å². The Labute approximate surface area is 194 Å². The van der Waals surface area contributed by atoms with Crippen LogP contribution < -0.4 is 5.32 Å². The number of amides is 1. The van der Waals surface area contributed by atoms with Crippen molar-refractivity contribution in [2.24, 2.45) is 17.3 Å². The summed E-state index contributed by atoms with van der Waals surface area (Å²) in [6.45, 7) is 15.6. The molecule has 0 aliphatic carbocycles. The number of carbonyl (C=O) groups excluding carboxylic acids is 1. The summed E-state index contributed by atoms with van der Waals surface area (Å²) < 4.78 is 5.65. The zero-order chi connectivity index (χ0) is 20.9. The van der Waals surface area contributed by atoms with E-state index >= 15 is 0 Å². The van der Waals surface area contributed by atoms with Crippen LogP contribution in [0.25, 0.3) is 0 Å². The average molecular weight is 461 g/mol. The number of piperidine rings is 1. The maximum absolute atomic E-state index is 13.2. The minimum Gasteiger partial charge on any atom is -0.412 e. The molecule has 0 aromatic heterocycles. The van der Waals surface area contributed by atoms with E-state index in [-0.39, 0.29) is 41.7 Å². The van der Waals surface area contributed by atoms with E-state index in [1.54, 1.807) is 0 Å². The molecule has 1 fully saturated rings. The van der Waals surface area contributed by atoms with Gasteiger partial charge in [-0.1, -0.05) is 72.7 Å². The monoisotopic (exact) mass is 460 g/mol. The molecule has 1 aliphatic rings. The topological polar surface area (TPSA) is 105 Å². The standard InChI is InChI=1S/C23H37ClN2O2.CH4.2H2O/c1-16(2)13-28-15-25-21(17(3)4)22(27)26-12-11-20(23(5,6)14-26)18-7-9-19(24)10-8-18;;;/h7-10,16-17,20-21,25H,11-15H2,1-6H3;1H4;2*1H2/t20-,21-;;;/m1.../s1.